The second-order valence-corrected chi connectivity index (χ2v) is 3.69. The van der Waals surface area contributed by atoms with E-state index in [9.17, 15) is 4.79 Å². The minimum atomic E-state index is -0.142. The van der Waals surface area contributed by atoms with E-state index in [1.54, 1.807) is 6.20 Å². The fraction of sp³-hybridized carbons (Fsp3) is 0. The zero-order valence-corrected chi connectivity index (χ0v) is 6.73. The van der Waals surface area contributed by atoms with Gasteiger partial charge in [0, 0.05) is 0 Å². The molecule has 0 bridgehead atoms. The van der Waals surface area contributed by atoms with Crippen LogP contribution in [0.2, 0.25) is 0 Å². The predicted octanol–water partition coefficient (Wildman–Crippen LogP) is -0.248. The van der Waals surface area contributed by atoms with Gasteiger partial charge in [0.2, 0.25) is 0 Å². The van der Waals surface area contributed by atoms with Gasteiger partial charge in [-0.05, 0) is 0 Å². The monoisotopic (exact) mass is 200 g/mol. The van der Waals surface area contributed by atoms with Crippen molar-refractivity contribution in [3.8, 4) is 0 Å². The van der Waals surface area contributed by atoms with Crippen molar-refractivity contribution in [3.63, 3.8) is 0 Å². The van der Waals surface area contributed by atoms with Gasteiger partial charge in [0.25, 0.3) is 0 Å². The first-order chi connectivity index (χ1) is 4.86. The first-order valence-corrected chi connectivity index (χ1v) is 4.63. The molecule has 10 heavy (non-hydrogen) atoms. The summed E-state index contributed by atoms with van der Waals surface area (Å²) in [6.07, 6.45) is 3.68. The van der Waals surface area contributed by atoms with Crippen LogP contribution in [0.15, 0.2) is 28.2 Å². The van der Waals surface area contributed by atoms with Crippen LogP contribution in [-0.2, 0) is 0 Å². The van der Waals surface area contributed by atoms with E-state index in [1.807, 2.05) is 15.5 Å². The van der Waals surface area contributed by atoms with E-state index in [-0.39, 0.29) is 20.1 Å². The fourth-order valence-corrected chi connectivity index (χ4v) is 2.22. The molecule has 0 spiro atoms. The van der Waals surface area contributed by atoms with E-state index in [0.717, 1.165) is 4.52 Å². The molecule has 2 aromatic heterocycles. The van der Waals surface area contributed by atoms with E-state index in [1.165, 1.54) is 6.07 Å². The van der Waals surface area contributed by atoms with Crippen LogP contribution in [0, 0.1) is 0 Å². The van der Waals surface area contributed by atoms with Gasteiger partial charge in [-0.3, -0.25) is 0 Å². The number of fused-ring (bicyclic) bond motifs is 1. The topological polar surface area (TPSA) is 34.4 Å². The van der Waals surface area contributed by atoms with Crippen LogP contribution in [0.25, 0.3) is 4.52 Å². The summed E-state index contributed by atoms with van der Waals surface area (Å²) in [5.74, 6) is 0. The van der Waals surface area contributed by atoms with Crippen molar-refractivity contribution in [2.24, 2.45) is 0 Å². The summed E-state index contributed by atoms with van der Waals surface area (Å²) in [6.45, 7) is 0. The molecule has 0 aliphatic carbocycles. The van der Waals surface area contributed by atoms with Gasteiger partial charge < -0.3 is 0 Å². The van der Waals surface area contributed by atoms with Gasteiger partial charge in [0.05, 0.1) is 0 Å². The number of hydrogen-bond donors (Lipinski definition) is 0. The summed E-state index contributed by atoms with van der Waals surface area (Å²) in [5.41, 5.74) is -0.142. The van der Waals surface area contributed by atoms with Gasteiger partial charge >= 0.3 is 62.2 Å². The molecule has 0 aliphatic heterocycles. The molecular weight excluding hydrogens is 195 g/mol. The zero-order valence-electron chi connectivity index (χ0n) is 5.02. The summed E-state index contributed by atoms with van der Waals surface area (Å²) in [7, 11) is 0. The number of rotatable bonds is 0. The molecule has 0 saturated carbocycles. The van der Waals surface area contributed by atoms with Gasteiger partial charge in [-0.25, -0.2) is 0 Å². The van der Waals surface area contributed by atoms with Crippen molar-refractivity contribution in [2.45, 2.75) is 0 Å². The zero-order chi connectivity index (χ0) is 6.97. The number of hydrogen-bond acceptors (Lipinski definition) is 2. The number of nitrogens with zero attached hydrogens (tertiary/aromatic N) is 2. The Morgan fingerprint density at radius 1 is 1.50 bits per heavy atom. The summed E-state index contributed by atoms with van der Waals surface area (Å²) in [6, 6.07) is 1.47. The van der Waals surface area contributed by atoms with Crippen molar-refractivity contribution in [2.75, 3.05) is 0 Å². The van der Waals surface area contributed by atoms with E-state index in [0.29, 0.717) is 0 Å². The van der Waals surface area contributed by atoms with Crippen molar-refractivity contribution < 1.29 is 0 Å². The van der Waals surface area contributed by atoms with Crippen LogP contribution in [0.1, 0.15) is 0 Å². The molecule has 3 nitrogen and oxygen atoms in total. The standard InChI is InChI=1S/C6H4N2OSe/c9-5-1-2-8-3-4-10-6(8)7-5/h1-4H. The molecule has 2 aromatic rings. The third-order valence-electron chi connectivity index (χ3n) is 1.20. The second kappa shape index (κ2) is 2.08. The third-order valence-corrected chi connectivity index (χ3v) is 2.82. The summed E-state index contributed by atoms with van der Waals surface area (Å²) < 4.78 is 2.77. The predicted molar refractivity (Wildman–Crippen MR) is 38.4 cm³/mol. The Morgan fingerprint density at radius 2 is 2.40 bits per heavy atom. The van der Waals surface area contributed by atoms with Crippen LogP contribution >= 0.6 is 0 Å². The fourth-order valence-electron chi connectivity index (χ4n) is 0.755. The first-order valence-electron chi connectivity index (χ1n) is 2.79. The van der Waals surface area contributed by atoms with E-state index >= 15 is 0 Å². The molecule has 4 heteroatoms. The Hall–Kier alpha value is -0.861. The first kappa shape index (κ1) is 5.89. The molecular formula is C6H4N2OSe. The van der Waals surface area contributed by atoms with Gasteiger partial charge in [0.15, 0.2) is 0 Å². The quantitative estimate of drug-likeness (QED) is 0.548. The van der Waals surface area contributed by atoms with Crippen LogP contribution in [0.5, 0.6) is 0 Å². The van der Waals surface area contributed by atoms with Crippen molar-refractivity contribution in [3.05, 3.63) is 33.8 Å². The average Bonchev–Trinajstić information content (AvgIpc) is 2.33. The molecule has 50 valence electrons. The van der Waals surface area contributed by atoms with Crippen LogP contribution in [0.4, 0.5) is 0 Å². The maximum absolute atomic E-state index is 10.7. The summed E-state index contributed by atoms with van der Waals surface area (Å²) in [5, 5.41) is 0. The Bertz CT molecular complexity index is 403. The second-order valence-electron chi connectivity index (χ2n) is 1.86. The molecule has 0 aliphatic rings. The van der Waals surface area contributed by atoms with Gasteiger partial charge in [-0.15, -0.1) is 0 Å². The molecule has 2 heterocycles. The van der Waals surface area contributed by atoms with Gasteiger partial charge in [-0.2, -0.15) is 0 Å². The SMILES string of the molecule is O=c1ccn2cc[se]c2n1. The maximum atomic E-state index is 10.7. The molecule has 0 aromatic carbocycles. The molecule has 0 N–H and O–H groups in total. The Morgan fingerprint density at radius 3 is 3.30 bits per heavy atom. The van der Waals surface area contributed by atoms with Gasteiger partial charge in [0.1, 0.15) is 0 Å². The molecule has 0 saturated heterocycles. The van der Waals surface area contributed by atoms with Crippen LogP contribution in [0.3, 0.4) is 0 Å². The van der Waals surface area contributed by atoms with E-state index in [2.05, 4.69) is 4.98 Å². The normalized spacial score (nSPS) is 10.4. The van der Waals surface area contributed by atoms with Crippen molar-refractivity contribution >= 4 is 19.0 Å². The van der Waals surface area contributed by atoms with Gasteiger partial charge in [-0.1, -0.05) is 0 Å². The Balaban J connectivity index is 2.99. The molecule has 2 rings (SSSR count). The van der Waals surface area contributed by atoms with Crippen LogP contribution < -0.4 is 5.56 Å². The Kier molecular flexibility index (Phi) is 1.22. The molecule has 0 radical (unpaired) electrons. The molecule has 0 atom stereocenters. The van der Waals surface area contributed by atoms with Crippen molar-refractivity contribution in [1.29, 1.82) is 0 Å². The third kappa shape index (κ3) is 0.818. The molecule has 0 unspecified atom stereocenters. The van der Waals surface area contributed by atoms with Crippen molar-refractivity contribution in [1.82, 2.24) is 9.38 Å². The summed E-state index contributed by atoms with van der Waals surface area (Å²) in [4.78, 5) is 16.5. The molecule has 0 fully saturated rings. The minimum absolute atomic E-state index is 0.142. The number of aromatic nitrogens is 2. The van der Waals surface area contributed by atoms with E-state index in [4.69, 9.17) is 0 Å². The summed E-state index contributed by atoms with van der Waals surface area (Å²) >= 11 is 0.264. The Labute approximate surface area is 62.7 Å². The van der Waals surface area contributed by atoms with E-state index < -0.39 is 0 Å². The average molecular weight is 199 g/mol. The molecule has 0 amide bonds. The van der Waals surface area contributed by atoms with Crippen LogP contribution in [-0.4, -0.2) is 23.9 Å².